The SMILES string of the molecule is CCOC(=O)N1CCN(CC(=O)N2N=C(c3ccccc3Cl)CC2c2ccccc2C)CC1. The van der Waals surface area contributed by atoms with Crippen LogP contribution in [0.2, 0.25) is 5.02 Å². The topological polar surface area (TPSA) is 65.5 Å². The lowest BCUT2D eigenvalue weighted by Gasteiger charge is -2.34. The van der Waals surface area contributed by atoms with E-state index in [1.165, 1.54) is 0 Å². The molecule has 2 amide bonds. The Bertz CT molecular complexity index is 1050. The van der Waals surface area contributed by atoms with Crippen molar-refractivity contribution in [3.05, 3.63) is 70.2 Å². The molecule has 0 N–H and O–H groups in total. The summed E-state index contributed by atoms with van der Waals surface area (Å²) in [5, 5.41) is 7.01. The molecule has 1 atom stereocenters. The fraction of sp³-hybridized carbons (Fsp3) is 0.400. The number of hydrogen-bond acceptors (Lipinski definition) is 5. The number of carbonyl (C=O) groups is 2. The molecule has 2 heterocycles. The zero-order chi connectivity index (χ0) is 23.4. The van der Waals surface area contributed by atoms with Crippen molar-refractivity contribution in [2.45, 2.75) is 26.3 Å². The van der Waals surface area contributed by atoms with Gasteiger partial charge in [0.1, 0.15) is 0 Å². The number of hydrogen-bond donors (Lipinski definition) is 0. The van der Waals surface area contributed by atoms with Gasteiger partial charge in [0, 0.05) is 43.2 Å². The normalized spacial score (nSPS) is 18.9. The smallest absolute Gasteiger partial charge is 0.409 e. The van der Waals surface area contributed by atoms with Crippen molar-refractivity contribution in [3.8, 4) is 0 Å². The van der Waals surface area contributed by atoms with Crippen LogP contribution in [0.1, 0.15) is 36.1 Å². The van der Waals surface area contributed by atoms with Gasteiger partial charge in [-0.15, -0.1) is 0 Å². The third kappa shape index (κ3) is 5.20. The largest absolute Gasteiger partial charge is 0.450 e. The van der Waals surface area contributed by atoms with Crippen molar-refractivity contribution in [1.29, 1.82) is 0 Å². The Balaban J connectivity index is 1.51. The van der Waals surface area contributed by atoms with Crippen molar-refractivity contribution in [2.24, 2.45) is 5.10 Å². The molecule has 1 fully saturated rings. The van der Waals surface area contributed by atoms with Gasteiger partial charge in [0.05, 0.1) is 24.9 Å². The van der Waals surface area contributed by atoms with Gasteiger partial charge in [-0.3, -0.25) is 9.69 Å². The summed E-state index contributed by atoms with van der Waals surface area (Å²) in [7, 11) is 0. The van der Waals surface area contributed by atoms with Crippen LogP contribution in [0.25, 0.3) is 0 Å². The summed E-state index contributed by atoms with van der Waals surface area (Å²) >= 11 is 6.44. The van der Waals surface area contributed by atoms with E-state index in [0.29, 0.717) is 44.2 Å². The number of halogens is 1. The number of nitrogens with zero attached hydrogens (tertiary/aromatic N) is 4. The molecule has 0 aliphatic carbocycles. The summed E-state index contributed by atoms with van der Waals surface area (Å²) in [5.41, 5.74) is 3.88. The summed E-state index contributed by atoms with van der Waals surface area (Å²) in [6, 6.07) is 15.5. The van der Waals surface area contributed by atoms with Crippen LogP contribution in [0.15, 0.2) is 53.6 Å². The third-order valence-electron chi connectivity index (χ3n) is 6.16. The van der Waals surface area contributed by atoms with E-state index in [4.69, 9.17) is 21.4 Å². The van der Waals surface area contributed by atoms with Crippen LogP contribution in [0, 0.1) is 6.92 Å². The Morgan fingerprint density at radius 1 is 1.06 bits per heavy atom. The maximum atomic E-state index is 13.4. The number of rotatable bonds is 5. The molecule has 4 rings (SSSR count). The zero-order valence-electron chi connectivity index (χ0n) is 19.0. The van der Waals surface area contributed by atoms with E-state index in [9.17, 15) is 9.59 Å². The highest BCUT2D eigenvalue weighted by Crippen LogP contribution is 2.35. The van der Waals surface area contributed by atoms with Crippen LogP contribution < -0.4 is 0 Å². The van der Waals surface area contributed by atoms with Gasteiger partial charge in [-0.1, -0.05) is 54.1 Å². The molecule has 0 aromatic heterocycles. The van der Waals surface area contributed by atoms with Gasteiger partial charge in [-0.25, -0.2) is 9.80 Å². The molecule has 174 valence electrons. The summed E-state index contributed by atoms with van der Waals surface area (Å²) in [5.74, 6) is -0.0603. The lowest BCUT2D eigenvalue weighted by atomic mass is 9.95. The van der Waals surface area contributed by atoms with Crippen LogP contribution >= 0.6 is 11.6 Å². The number of carbonyl (C=O) groups excluding carboxylic acids is 2. The fourth-order valence-corrected chi connectivity index (χ4v) is 4.61. The minimum atomic E-state index is -0.295. The second kappa shape index (κ2) is 10.4. The minimum Gasteiger partial charge on any atom is -0.450 e. The first-order chi connectivity index (χ1) is 16.0. The van der Waals surface area contributed by atoms with Crippen molar-refractivity contribution in [3.63, 3.8) is 0 Å². The number of benzene rings is 2. The second-order valence-corrected chi connectivity index (χ2v) is 8.71. The average Bonchev–Trinajstić information content (AvgIpc) is 3.25. The molecule has 0 spiro atoms. The van der Waals surface area contributed by atoms with Gasteiger partial charge in [-0.2, -0.15) is 5.10 Å². The summed E-state index contributed by atoms with van der Waals surface area (Å²) in [6.07, 6.45) is 0.313. The van der Waals surface area contributed by atoms with Crippen molar-refractivity contribution in [1.82, 2.24) is 14.8 Å². The minimum absolute atomic E-state index is 0.0603. The lowest BCUT2D eigenvalue weighted by Crippen LogP contribution is -2.51. The molecule has 8 heteroatoms. The van der Waals surface area contributed by atoms with Crippen molar-refractivity contribution < 1.29 is 14.3 Å². The van der Waals surface area contributed by atoms with Crippen molar-refractivity contribution in [2.75, 3.05) is 39.3 Å². The fourth-order valence-electron chi connectivity index (χ4n) is 4.37. The molecule has 33 heavy (non-hydrogen) atoms. The zero-order valence-corrected chi connectivity index (χ0v) is 19.8. The Morgan fingerprint density at radius 2 is 1.76 bits per heavy atom. The number of ether oxygens (including phenoxy) is 1. The first kappa shape index (κ1) is 23.3. The van der Waals surface area contributed by atoms with Gasteiger partial charge < -0.3 is 9.64 Å². The van der Waals surface area contributed by atoms with Crippen molar-refractivity contribution >= 4 is 29.3 Å². The summed E-state index contributed by atoms with van der Waals surface area (Å²) in [4.78, 5) is 29.1. The first-order valence-corrected chi connectivity index (χ1v) is 11.7. The Morgan fingerprint density at radius 3 is 2.45 bits per heavy atom. The molecule has 1 saturated heterocycles. The van der Waals surface area contributed by atoms with E-state index in [1.54, 1.807) is 16.8 Å². The number of hydrazone groups is 1. The highest BCUT2D eigenvalue weighted by molar-refractivity contribution is 6.34. The monoisotopic (exact) mass is 468 g/mol. The highest BCUT2D eigenvalue weighted by Gasteiger charge is 2.35. The van der Waals surface area contributed by atoms with E-state index in [2.05, 4.69) is 24.0 Å². The summed E-state index contributed by atoms with van der Waals surface area (Å²) < 4.78 is 5.08. The Hall–Kier alpha value is -2.90. The molecule has 2 aromatic rings. The van der Waals surface area contributed by atoms with Gasteiger partial charge >= 0.3 is 6.09 Å². The Labute approximate surface area is 199 Å². The van der Waals surface area contributed by atoms with Crippen LogP contribution in [0.3, 0.4) is 0 Å². The first-order valence-electron chi connectivity index (χ1n) is 11.3. The maximum Gasteiger partial charge on any atom is 0.409 e. The quantitative estimate of drug-likeness (QED) is 0.662. The summed E-state index contributed by atoms with van der Waals surface area (Å²) in [6.45, 7) is 6.79. The average molecular weight is 469 g/mol. The van der Waals surface area contributed by atoms with Crippen LogP contribution in [-0.4, -0.2) is 71.9 Å². The third-order valence-corrected chi connectivity index (χ3v) is 6.48. The number of piperazine rings is 1. The molecular formula is C25H29ClN4O3. The van der Waals surface area contributed by atoms with Gasteiger partial charge in [0.15, 0.2) is 0 Å². The molecule has 1 unspecified atom stereocenters. The molecule has 0 bridgehead atoms. The predicted molar refractivity (Wildman–Crippen MR) is 128 cm³/mol. The highest BCUT2D eigenvalue weighted by atomic mass is 35.5. The molecular weight excluding hydrogens is 440 g/mol. The van der Waals surface area contributed by atoms with Gasteiger partial charge in [0.25, 0.3) is 5.91 Å². The van der Waals surface area contributed by atoms with E-state index in [1.807, 2.05) is 36.4 Å². The molecule has 0 radical (unpaired) electrons. The van der Waals surface area contributed by atoms with Gasteiger partial charge in [-0.05, 0) is 31.0 Å². The lowest BCUT2D eigenvalue weighted by molar-refractivity contribution is -0.134. The molecule has 0 saturated carbocycles. The number of aryl methyl sites for hydroxylation is 1. The maximum absolute atomic E-state index is 13.4. The van der Waals surface area contributed by atoms with Crippen LogP contribution in [0.5, 0.6) is 0 Å². The van der Waals surface area contributed by atoms with E-state index in [-0.39, 0.29) is 24.6 Å². The predicted octanol–water partition coefficient (Wildman–Crippen LogP) is 4.10. The van der Waals surface area contributed by atoms with Crippen LogP contribution in [0.4, 0.5) is 4.79 Å². The van der Waals surface area contributed by atoms with E-state index < -0.39 is 0 Å². The standard InChI is InChI=1S/C25H29ClN4O3/c1-3-33-25(32)29-14-12-28(13-15-29)17-24(31)30-23(19-9-5-4-8-18(19)2)16-22(27-30)20-10-6-7-11-21(20)26/h4-11,23H,3,12-17H2,1-2H3. The number of amides is 2. The molecule has 2 aromatic carbocycles. The second-order valence-electron chi connectivity index (χ2n) is 8.30. The molecule has 7 nitrogen and oxygen atoms in total. The van der Waals surface area contributed by atoms with Crippen LogP contribution in [-0.2, 0) is 9.53 Å². The Kier molecular flexibility index (Phi) is 7.30. The molecule has 2 aliphatic rings. The molecule has 2 aliphatic heterocycles. The van der Waals surface area contributed by atoms with Gasteiger partial charge in [0.2, 0.25) is 0 Å². The van der Waals surface area contributed by atoms with E-state index in [0.717, 1.165) is 22.4 Å². The van der Waals surface area contributed by atoms with E-state index >= 15 is 0 Å².